The zero-order valence-electron chi connectivity index (χ0n) is 20.8. The molecule has 1 unspecified atom stereocenters. The van der Waals surface area contributed by atoms with Crippen molar-refractivity contribution in [2.24, 2.45) is 4.99 Å². The fraction of sp³-hybridized carbons (Fsp3) is 0.179. The van der Waals surface area contributed by atoms with E-state index in [1.54, 1.807) is 12.1 Å². The predicted octanol–water partition coefficient (Wildman–Crippen LogP) is 5.14. The molecule has 0 aliphatic carbocycles. The number of nitrogens with zero attached hydrogens (tertiary/aromatic N) is 5. The van der Waals surface area contributed by atoms with Crippen LogP contribution in [0, 0.1) is 22.4 Å². The Kier molecular flexibility index (Phi) is 5.73. The number of nitro benzene ring substituents is 1. The molecule has 0 radical (unpaired) electrons. The molecule has 3 aliphatic rings. The van der Waals surface area contributed by atoms with E-state index in [0.717, 1.165) is 45.6 Å². The number of nitro groups is 1. The molecular formula is C28H24N6O4. The van der Waals surface area contributed by atoms with E-state index in [9.17, 15) is 10.1 Å². The number of ether oxygens (including phenoxy) is 2. The Morgan fingerprint density at radius 2 is 2.03 bits per heavy atom. The third kappa shape index (κ3) is 3.91. The lowest BCUT2D eigenvalue weighted by atomic mass is 9.92. The summed E-state index contributed by atoms with van der Waals surface area (Å²) in [4.78, 5) is 23.7. The third-order valence-electron chi connectivity index (χ3n) is 6.80. The topological polar surface area (TPSA) is 117 Å². The Hall–Kier alpha value is -4.83. The van der Waals surface area contributed by atoms with E-state index in [4.69, 9.17) is 14.9 Å². The molecule has 1 atom stereocenters. The van der Waals surface area contributed by atoms with Crippen LogP contribution in [0.4, 0.5) is 5.69 Å². The minimum absolute atomic E-state index is 0.0195. The summed E-state index contributed by atoms with van der Waals surface area (Å²) in [5.41, 5.74) is 6.15. The van der Waals surface area contributed by atoms with Crippen molar-refractivity contribution in [1.82, 2.24) is 14.8 Å². The standard InChI is InChI=1S/C28H24N6O4/c1-17-4-3-5-24(31-17)38-20-10-11-21-22(14-20)28-33(12-13-37-28)15-23-25(21)26(32(2)27(23)30-16-29)18-6-8-19(9-7-18)34(35)36/h3-11,14-16,28-29H,12-13H2,1-2H3/b29-16?,30-27+. The van der Waals surface area contributed by atoms with Crippen molar-refractivity contribution in [1.29, 1.82) is 5.41 Å². The number of hydrogen-bond donors (Lipinski definition) is 1. The lowest BCUT2D eigenvalue weighted by molar-refractivity contribution is -0.384. The zero-order valence-corrected chi connectivity index (χ0v) is 20.8. The van der Waals surface area contributed by atoms with E-state index in [0.29, 0.717) is 30.6 Å². The number of benzene rings is 2. The van der Waals surface area contributed by atoms with Gasteiger partial charge in [-0.15, -0.1) is 0 Å². The van der Waals surface area contributed by atoms with Gasteiger partial charge in [0.15, 0.2) is 6.23 Å². The first-order chi connectivity index (χ1) is 18.4. The molecule has 3 aromatic rings. The van der Waals surface area contributed by atoms with Gasteiger partial charge in [-0.3, -0.25) is 15.5 Å². The van der Waals surface area contributed by atoms with Crippen LogP contribution in [0.1, 0.15) is 28.6 Å². The molecule has 190 valence electrons. The van der Waals surface area contributed by atoms with Crippen LogP contribution in [0.2, 0.25) is 0 Å². The lowest BCUT2D eigenvalue weighted by Gasteiger charge is -2.23. The van der Waals surface area contributed by atoms with E-state index in [1.807, 2.05) is 61.5 Å². The SMILES string of the molecule is Cc1cccc(Oc2ccc3c(c2)C2OCCN2C=C2C3=C(c3ccc([N+](=O)[O-])cc3)N(C)/C2=N/C=N)n1. The Balaban J connectivity index is 1.55. The van der Waals surface area contributed by atoms with E-state index >= 15 is 0 Å². The molecule has 4 heterocycles. The summed E-state index contributed by atoms with van der Waals surface area (Å²) in [6.45, 7) is 3.18. The molecule has 1 aromatic heterocycles. The van der Waals surface area contributed by atoms with Crippen molar-refractivity contribution >= 4 is 29.1 Å². The molecule has 0 saturated carbocycles. The Morgan fingerprint density at radius 3 is 2.76 bits per heavy atom. The van der Waals surface area contributed by atoms with E-state index in [2.05, 4.69) is 14.9 Å². The maximum Gasteiger partial charge on any atom is 0.269 e. The molecule has 10 heteroatoms. The smallest absolute Gasteiger partial charge is 0.269 e. The number of rotatable bonds is 5. The Morgan fingerprint density at radius 1 is 1.21 bits per heavy atom. The van der Waals surface area contributed by atoms with Crippen LogP contribution in [-0.2, 0) is 4.74 Å². The van der Waals surface area contributed by atoms with Crippen molar-refractivity contribution in [2.45, 2.75) is 13.2 Å². The molecular weight excluding hydrogens is 484 g/mol. The van der Waals surface area contributed by atoms with Crippen LogP contribution in [0.15, 0.2) is 77.4 Å². The second-order valence-corrected chi connectivity index (χ2v) is 9.14. The number of amidine groups is 1. The molecule has 0 amide bonds. The highest BCUT2D eigenvalue weighted by Gasteiger charge is 2.40. The van der Waals surface area contributed by atoms with Crippen LogP contribution >= 0.6 is 0 Å². The molecule has 38 heavy (non-hydrogen) atoms. The van der Waals surface area contributed by atoms with Crippen LogP contribution in [0.25, 0.3) is 11.3 Å². The van der Waals surface area contributed by atoms with Gasteiger partial charge in [0.25, 0.3) is 5.69 Å². The molecule has 3 aliphatic heterocycles. The number of hydrogen-bond acceptors (Lipinski definition) is 7. The number of aryl methyl sites for hydroxylation is 1. The molecule has 1 N–H and O–H groups in total. The molecule has 10 nitrogen and oxygen atoms in total. The summed E-state index contributed by atoms with van der Waals surface area (Å²) in [7, 11) is 1.89. The summed E-state index contributed by atoms with van der Waals surface area (Å²) in [5.74, 6) is 1.76. The summed E-state index contributed by atoms with van der Waals surface area (Å²) < 4.78 is 12.3. The first kappa shape index (κ1) is 23.6. The van der Waals surface area contributed by atoms with E-state index < -0.39 is 4.92 Å². The third-order valence-corrected chi connectivity index (χ3v) is 6.80. The fourth-order valence-electron chi connectivity index (χ4n) is 5.17. The summed E-state index contributed by atoms with van der Waals surface area (Å²) in [5, 5.41) is 18.9. The Labute approximate surface area is 218 Å². The second kappa shape index (κ2) is 9.24. The lowest BCUT2D eigenvalue weighted by Crippen LogP contribution is -2.23. The first-order valence-electron chi connectivity index (χ1n) is 12.1. The maximum absolute atomic E-state index is 11.3. The average Bonchev–Trinajstić information content (AvgIpc) is 3.44. The van der Waals surface area contributed by atoms with E-state index in [1.165, 1.54) is 12.1 Å². The second-order valence-electron chi connectivity index (χ2n) is 9.14. The molecule has 1 saturated heterocycles. The van der Waals surface area contributed by atoms with Gasteiger partial charge in [-0.05, 0) is 48.4 Å². The molecule has 6 rings (SSSR count). The normalized spacial score (nSPS) is 19.1. The van der Waals surface area contributed by atoms with Crippen molar-refractivity contribution < 1.29 is 14.4 Å². The predicted molar refractivity (Wildman–Crippen MR) is 143 cm³/mol. The minimum Gasteiger partial charge on any atom is -0.439 e. The largest absolute Gasteiger partial charge is 0.439 e. The highest BCUT2D eigenvalue weighted by atomic mass is 16.6. The monoisotopic (exact) mass is 508 g/mol. The van der Waals surface area contributed by atoms with Crippen LogP contribution in [-0.4, -0.2) is 52.1 Å². The summed E-state index contributed by atoms with van der Waals surface area (Å²) in [6, 6.07) is 18.0. The zero-order chi connectivity index (χ0) is 26.4. The van der Waals surface area contributed by atoms with Crippen molar-refractivity contribution in [2.75, 3.05) is 20.2 Å². The molecule has 0 spiro atoms. The van der Waals surface area contributed by atoms with Gasteiger partial charge in [0.1, 0.15) is 17.9 Å². The fourth-order valence-corrected chi connectivity index (χ4v) is 5.17. The van der Waals surface area contributed by atoms with Crippen LogP contribution in [0.5, 0.6) is 11.6 Å². The van der Waals surface area contributed by atoms with Gasteiger partial charge in [-0.2, -0.15) is 0 Å². The summed E-state index contributed by atoms with van der Waals surface area (Å²) in [6.07, 6.45) is 2.74. The molecule has 0 bridgehead atoms. The van der Waals surface area contributed by atoms with Crippen LogP contribution in [0.3, 0.4) is 0 Å². The van der Waals surface area contributed by atoms with Gasteiger partial charge in [-0.25, -0.2) is 9.98 Å². The van der Waals surface area contributed by atoms with Gasteiger partial charge in [0.2, 0.25) is 5.88 Å². The van der Waals surface area contributed by atoms with Gasteiger partial charge in [0.05, 0.1) is 17.2 Å². The van der Waals surface area contributed by atoms with Crippen molar-refractivity contribution in [3.8, 4) is 11.6 Å². The van der Waals surface area contributed by atoms with Gasteiger partial charge in [0, 0.05) is 60.4 Å². The quantitative estimate of drug-likeness (QED) is 0.219. The van der Waals surface area contributed by atoms with Gasteiger partial charge in [-0.1, -0.05) is 12.1 Å². The number of pyridine rings is 1. The highest BCUT2D eigenvalue weighted by Crippen LogP contribution is 2.48. The van der Waals surface area contributed by atoms with Crippen molar-refractivity contribution in [3.05, 3.63) is 105 Å². The van der Waals surface area contributed by atoms with Crippen LogP contribution < -0.4 is 4.74 Å². The van der Waals surface area contributed by atoms with Gasteiger partial charge >= 0.3 is 0 Å². The molecule has 1 fully saturated rings. The highest BCUT2D eigenvalue weighted by molar-refractivity contribution is 6.27. The first-order valence-corrected chi connectivity index (χ1v) is 12.1. The number of aromatic nitrogens is 1. The number of nitrogens with one attached hydrogen (secondary N) is 1. The Bertz CT molecular complexity index is 1560. The van der Waals surface area contributed by atoms with Crippen molar-refractivity contribution in [3.63, 3.8) is 0 Å². The number of aliphatic imine (C=N–C) groups is 1. The minimum atomic E-state index is -0.412. The van der Waals surface area contributed by atoms with E-state index in [-0.39, 0.29) is 11.9 Å². The average molecular weight is 509 g/mol. The molecule has 2 aromatic carbocycles. The number of fused-ring (bicyclic) bond motifs is 5. The van der Waals surface area contributed by atoms with Gasteiger partial charge < -0.3 is 19.3 Å². The maximum atomic E-state index is 11.3. The number of likely N-dealkylation sites (N-methyl/N-ethyl adjacent to an activating group) is 1. The number of non-ortho nitro benzene ring substituents is 1. The summed E-state index contributed by atoms with van der Waals surface area (Å²) >= 11 is 0.